The average molecular weight is 414 g/mol. The lowest BCUT2D eigenvalue weighted by molar-refractivity contribution is -0.118. The monoisotopic (exact) mass is 413 g/mol. The van der Waals surface area contributed by atoms with Crippen molar-refractivity contribution in [1.82, 2.24) is 5.32 Å². The van der Waals surface area contributed by atoms with Crippen molar-refractivity contribution >= 4 is 11.6 Å². The van der Waals surface area contributed by atoms with Crippen LogP contribution in [0.15, 0.2) is 54.6 Å². The van der Waals surface area contributed by atoms with Crippen LogP contribution in [-0.4, -0.2) is 18.8 Å². The predicted molar refractivity (Wildman–Crippen MR) is 123 cm³/mol. The van der Waals surface area contributed by atoms with E-state index in [9.17, 15) is 0 Å². The van der Waals surface area contributed by atoms with Crippen molar-refractivity contribution in [3.63, 3.8) is 0 Å². The third kappa shape index (κ3) is 5.84. The molecule has 1 aliphatic rings. The molecule has 0 radical (unpaired) electrons. The molecule has 2 nitrogen and oxygen atoms in total. The van der Waals surface area contributed by atoms with Crippen molar-refractivity contribution in [2.24, 2.45) is 11.8 Å². The number of hydrogen-bond donors (Lipinski definition) is 1. The van der Waals surface area contributed by atoms with Crippen LogP contribution in [0.3, 0.4) is 0 Å². The van der Waals surface area contributed by atoms with Crippen LogP contribution in [0.4, 0.5) is 0 Å². The highest BCUT2D eigenvalue weighted by Crippen LogP contribution is 2.45. The Hall–Kier alpha value is -1.35. The largest absolute Gasteiger partial charge is 0.374 e. The first-order valence-electron chi connectivity index (χ1n) is 11.1. The second-order valence-corrected chi connectivity index (χ2v) is 9.75. The Bertz CT molecular complexity index is 725. The quantitative estimate of drug-likeness (QED) is 0.491. The maximum absolute atomic E-state index is 6.54. The molecule has 0 spiro atoms. The van der Waals surface area contributed by atoms with Crippen LogP contribution in [-0.2, 0) is 16.7 Å². The fourth-order valence-electron chi connectivity index (χ4n) is 4.50. The number of benzene rings is 2. The van der Waals surface area contributed by atoms with E-state index in [4.69, 9.17) is 16.3 Å². The van der Waals surface area contributed by atoms with Crippen molar-refractivity contribution in [1.29, 1.82) is 0 Å². The van der Waals surface area contributed by atoms with Gasteiger partial charge < -0.3 is 10.1 Å². The standard InChI is InChI=1S/C26H36ClNO/c1-19(2)24-16-26(17-25(29-24)20(3)4,22-8-6-5-7-9-22)14-15-28-18-21-10-12-23(27)13-11-21/h5-13,19-20,24-25,28H,14-18H2,1-4H3/t24-,25-/m0/s1. The summed E-state index contributed by atoms with van der Waals surface area (Å²) in [7, 11) is 0. The molecule has 1 saturated heterocycles. The van der Waals surface area contributed by atoms with Crippen LogP contribution in [0, 0.1) is 11.8 Å². The van der Waals surface area contributed by atoms with Gasteiger partial charge in [-0.05, 0) is 60.9 Å². The molecule has 2 atom stereocenters. The zero-order valence-corrected chi connectivity index (χ0v) is 19.1. The molecular weight excluding hydrogens is 378 g/mol. The van der Waals surface area contributed by atoms with E-state index in [1.165, 1.54) is 11.1 Å². The van der Waals surface area contributed by atoms with E-state index in [2.05, 4.69) is 75.5 Å². The first kappa shape index (κ1) is 22.3. The number of ether oxygens (including phenoxy) is 1. The highest BCUT2D eigenvalue weighted by molar-refractivity contribution is 6.30. The maximum Gasteiger partial charge on any atom is 0.0610 e. The van der Waals surface area contributed by atoms with Crippen molar-refractivity contribution in [3.8, 4) is 0 Å². The smallest absolute Gasteiger partial charge is 0.0610 e. The molecule has 158 valence electrons. The summed E-state index contributed by atoms with van der Waals surface area (Å²) < 4.78 is 6.54. The molecule has 0 unspecified atom stereocenters. The van der Waals surface area contributed by atoms with Gasteiger partial charge in [-0.3, -0.25) is 0 Å². The molecule has 1 aliphatic heterocycles. The minimum atomic E-state index is 0.163. The highest BCUT2D eigenvalue weighted by atomic mass is 35.5. The van der Waals surface area contributed by atoms with Gasteiger partial charge >= 0.3 is 0 Å². The number of hydrogen-bond acceptors (Lipinski definition) is 2. The molecule has 0 aromatic heterocycles. The van der Waals surface area contributed by atoms with Crippen molar-refractivity contribution < 1.29 is 4.74 Å². The van der Waals surface area contributed by atoms with E-state index in [1.807, 2.05) is 12.1 Å². The summed E-state index contributed by atoms with van der Waals surface area (Å²) in [5, 5.41) is 4.46. The molecule has 1 N–H and O–H groups in total. The molecular formula is C26H36ClNO. The first-order valence-corrected chi connectivity index (χ1v) is 11.4. The van der Waals surface area contributed by atoms with E-state index in [0.717, 1.165) is 37.4 Å². The molecule has 2 aromatic rings. The predicted octanol–water partition coefficient (Wildman–Crippen LogP) is 6.62. The molecule has 0 amide bonds. The Morgan fingerprint density at radius 2 is 1.52 bits per heavy atom. The Balaban J connectivity index is 1.75. The van der Waals surface area contributed by atoms with Crippen LogP contribution in [0.25, 0.3) is 0 Å². The van der Waals surface area contributed by atoms with E-state index in [-0.39, 0.29) is 5.41 Å². The fraction of sp³-hybridized carbons (Fsp3) is 0.538. The van der Waals surface area contributed by atoms with Crippen LogP contribution < -0.4 is 5.32 Å². The van der Waals surface area contributed by atoms with E-state index < -0.39 is 0 Å². The van der Waals surface area contributed by atoms with E-state index in [1.54, 1.807) is 0 Å². The minimum Gasteiger partial charge on any atom is -0.374 e. The Morgan fingerprint density at radius 3 is 2.07 bits per heavy atom. The van der Waals surface area contributed by atoms with E-state index in [0.29, 0.717) is 24.0 Å². The molecule has 0 saturated carbocycles. The fourth-order valence-corrected chi connectivity index (χ4v) is 4.62. The summed E-state index contributed by atoms with van der Waals surface area (Å²) in [6.45, 7) is 11.0. The lowest BCUT2D eigenvalue weighted by Crippen LogP contribution is -2.48. The maximum atomic E-state index is 6.54. The summed E-state index contributed by atoms with van der Waals surface area (Å²) in [6.07, 6.45) is 3.95. The summed E-state index contributed by atoms with van der Waals surface area (Å²) in [4.78, 5) is 0. The number of rotatable bonds is 8. The molecule has 3 heteroatoms. The van der Waals surface area contributed by atoms with Gasteiger partial charge in [0, 0.05) is 17.0 Å². The van der Waals surface area contributed by atoms with Gasteiger partial charge in [-0.1, -0.05) is 81.8 Å². The molecule has 1 fully saturated rings. The van der Waals surface area contributed by atoms with Crippen LogP contribution >= 0.6 is 11.6 Å². The van der Waals surface area contributed by atoms with Gasteiger partial charge in [0.1, 0.15) is 0 Å². The molecule has 2 aromatic carbocycles. The second kappa shape index (κ2) is 10.1. The van der Waals surface area contributed by atoms with Crippen molar-refractivity contribution in [2.75, 3.05) is 6.54 Å². The van der Waals surface area contributed by atoms with Crippen molar-refractivity contribution in [3.05, 3.63) is 70.7 Å². The SMILES string of the molecule is CC(C)[C@@H]1CC(CCNCc2ccc(Cl)cc2)(c2ccccc2)C[C@@H](C(C)C)O1. The topological polar surface area (TPSA) is 21.3 Å². The summed E-state index contributed by atoms with van der Waals surface area (Å²) in [6, 6.07) is 19.2. The van der Waals surface area contributed by atoms with Gasteiger partial charge in [0.05, 0.1) is 12.2 Å². The first-order chi connectivity index (χ1) is 13.9. The summed E-state index contributed by atoms with van der Waals surface area (Å²) >= 11 is 6.01. The normalized spacial score (nSPS) is 24.9. The Morgan fingerprint density at radius 1 is 0.931 bits per heavy atom. The van der Waals surface area contributed by atoms with E-state index >= 15 is 0 Å². The van der Waals surface area contributed by atoms with Crippen LogP contribution in [0.2, 0.25) is 5.02 Å². The van der Waals surface area contributed by atoms with Gasteiger partial charge in [0.15, 0.2) is 0 Å². The van der Waals surface area contributed by atoms with Gasteiger partial charge in [-0.15, -0.1) is 0 Å². The summed E-state index contributed by atoms with van der Waals surface area (Å²) in [5.41, 5.74) is 2.90. The minimum absolute atomic E-state index is 0.163. The van der Waals surface area contributed by atoms with Gasteiger partial charge in [0.25, 0.3) is 0 Å². The zero-order chi connectivity index (χ0) is 20.9. The van der Waals surface area contributed by atoms with Crippen LogP contribution in [0.1, 0.15) is 58.1 Å². The van der Waals surface area contributed by atoms with Crippen molar-refractivity contribution in [2.45, 2.75) is 71.1 Å². The molecule has 1 heterocycles. The third-order valence-electron chi connectivity index (χ3n) is 6.43. The molecule has 0 aliphatic carbocycles. The molecule has 0 bridgehead atoms. The highest BCUT2D eigenvalue weighted by Gasteiger charge is 2.43. The number of halogens is 1. The molecule has 29 heavy (non-hydrogen) atoms. The lowest BCUT2D eigenvalue weighted by atomic mass is 9.66. The second-order valence-electron chi connectivity index (χ2n) is 9.31. The average Bonchev–Trinajstić information content (AvgIpc) is 2.73. The summed E-state index contributed by atoms with van der Waals surface area (Å²) in [5.74, 6) is 1.06. The zero-order valence-electron chi connectivity index (χ0n) is 18.3. The van der Waals surface area contributed by atoms with Gasteiger partial charge in [-0.25, -0.2) is 0 Å². The third-order valence-corrected chi connectivity index (χ3v) is 6.68. The lowest BCUT2D eigenvalue weighted by Gasteiger charge is -2.48. The number of nitrogens with one attached hydrogen (secondary N) is 1. The Kier molecular flexibility index (Phi) is 7.79. The Labute approximate surface area is 182 Å². The van der Waals surface area contributed by atoms with Gasteiger partial charge in [0.2, 0.25) is 0 Å². The molecule has 3 rings (SSSR count). The van der Waals surface area contributed by atoms with Gasteiger partial charge in [-0.2, -0.15) is 0 Å². The van der Waals surface area contributed by atoms with Crippen LogP contribution in [0.5, 0.6) is 0 Å².